The van der Waals surface area contributed by atoms with Crippen LogP contribution in [0.5, 0.6) is 0 Å². The fraction of sp³-hybridized carbons (Fsp3) is 0.455. The lowest BCUT2D eigenvalue weighted by atomic mass is 10.1. The summed E-state index contributed by atoms with van der Waals surface area (Å²) in [4.78, 5) is 14.5. The Morgan fingerprint density at radius 3 is 2.59 bits per heavy atom. The van der Waals surface area contributed by atoms with E-state index in [9.17, 15) is 18.0 Å². The van der Waals surface area contributed by atoms with Gasteiger partial charge in [0.1, 0.15) is 5.69 Å². The lowest BCUT2D eigenvalue weighted by Gasteiger charge is -2.09. The zero-order valence-electron chi connectivity index (χ0n) is 9.47. The second-order valence-electron chi connectivity index (χ2n) is 3.48. The van der Waals surface area contributed by atoms with E-state index < -0.39 is 17.8 Å². The molecule has 1 aromatic heterocycles. The van der Waals surface area contributed by atoms with Gasteiger partial charge < -0.3 is 4.74 Å². The van der Waals surface area contributed by atoms with E-state index in [2.05, 4.69) is 4.98 Å². The van der Waals surface area contributed by atoms with E-state index in [-0.39, 0.29) is 13.0 Å². The van der Waals surface area contributed by atoms with Crippen molar-refractivity contribution in [3.05, 3.63) is 29.1 Å². The second kappa shape index (κ2) is 5.16. The van der Waals surface area contributed by atoms with Crippen LogP contribution in [-0.2, 0) is 22.1 Å². The molecule has 1 aromatic rings. The SMILES string of the molecule is CCOC(=O)Cc1cnc(C(F)(F)F)cc1C. The number of esters is 1. The zero-order chi connectivity index (χ0) is 13.1. The van der Waals surface area contributed by atoms with Crippen LogP contribution in [0.2, 0.25) is 0 Å². The molecule has 0 radical (unpaired) electrons. The van der Waals surface area contributed by atoms with Crippen LogP contribution in [0.25, 0.3) is 0 Å². The van der Waals surface area contributed by atoms with Crippen molar-refractivity contribution in [2.75, 3.05) is 6.61 Å². The quantitative estimate of drug-likeness (QED) is 0.770. The smallest absolute Gasteiger partial charge is 0.433 e. The maximum atomic E-state index is 12.3. The molecule has 0 aliphatic carbocycles. The van der Waals surface area contributed by atoms with Crippen molar-refractivity contribution in [3.63, 3.8) is 0 Å². The molecular weight excluding hydrogens is 235 g/mol. The molecule has 0 spiro atoms. The highest BCUT2D eigenvalue weighted by atomic mass is 19.4. The minimum atomic E-state index is -4.47. The number of pyridine rings is 1. The van der Waals surface area contributed by atoms with E-state index >= 15 is 0 Å². The molecule has 0 bridgehead atoms. The van der Waals surface area contributed by atoms with Gasteiger partial charge in [0.15, 0.2) is 0 Å². The Hall–Kier alpha value is -1.59. The first kappa shape index (κ1) is 13.5. The summed E-state index contributed by atoms with van der Waals surface area (Å²) in [6.45, 7) is 3.41. The molecule has 0 fully saturated rings. The normalized spacial score (nSPS) is 11.4. The van der Waals surface area contributed by atoms with Crippen molar-refractivity contribution in [3.8, 4) is 0 Å². The molecule has 6 heteroatoms. The van der Waals surface area contributed by atoms with E-state index in [1.54, 1.807) is 6.92 Å². The molecule has 1 rings (SSSR count). The summed E-state index contributed by atoms with van der Waals surface area (Å²) in [6, 6.07) is 0.925. The van der Waals surface area contributed by atoms with Crippen molar-refractivity contribution in [1.29, 1.82) is 0 Å². The van der Waals surface area contributed by atoms with Crippen molar-refractivity contribution >= 4 is 5.97 Å². The number of hydrogen-bond acceptors (Lipinski definition) is 3. The third kappa shape index (κ3) is 3.72. The number of carbonyl (C=O) groups is 1. The fourth-order valence-corrected chi connectivity index (χ4v) is 1.29. The second-order valence-corrected chi connectivity index (χ2v) is 3.48. The Labute approximate surface area is 96.6 Å². The van der Waals surface area contributed by atoms with E-state index in [1.165, 1.54) is 6.92 Å². The first-order chi connectivity index (χ1) is 7.84. The van der Waals surface area contributed by atoms with Gasteiger partial charge in [-0.1, -0.05) is 0 Å². The van der Waals surface area contributed by atoms with Crippen molar-refractivity contribution in [2.45, 2.75) is 26.4 Å². The molecule has 0 aliphatic rings. The van der Waals surface area contributed by atoms with Crippen LogP contribution in [0.4, 0.5) is 13.2 Å². The Balaban J connectivity index is 2.87. The number of ether oxygens (including phenoxy) is 1. The number of aryl methyl sites for hydroxylation is 1. The monoisotopic (exact) mass is 247 g/mol. The van der Waals surface area contributed by atoms with Gasteiger partial charge in [-0.05, 0) is 31.0 Å². The van der Waals surface area contributed by atoms with Crippen LogP contribution < -0.4 is 0 Å². The molecule has 94 valence electrons. The maximum absolute atomic E-state index is 12.3. The lowest BCUT2D eigenvalue weighted by Crippen LogP contribution is -2.12. The van der Waals surface area contributed by atoms with Gasteiger partial charge in [0.25, 0.3) is 0 Å². The Bertz CT molecular complexity index is 416. The number of carbonyl (C=O) groups excluding carboxylic acids is 1. The van der Waals surface area contributed by atoms with Crippen LogP contribution in [-0.4, -0.2) is 17.6 Å². The summed E-state index contributed by atoms with van der Waals surface area (Å²) in [5.74, 6) is -0.475. The van der Waals surface area contributed by atoms with Gasteiger partial charge in [0.2, 0.25) is 0 Å². The molecule has 0 aromatic carbocycles. The number of hydrogen-bond donors (Lipinski definition) is 0. The minimum absolute atomic E-state index is 0.0647. The summed E-state index contributed by atoms with van der Waals surface area (Å²) in [6.07, 6.45) is -3.47. The molecule has 0 atom stereocenters. The molecule has 0 saturated carbocycles. The fourth-order valence-electron chi connectivity index (χ4n) is 1.29. The number of aromatic nitrogens is 1. The van der Waals surface area contributed by atoms with Crippen LogP contribution in [0.15, 0.2) is 12.3 Å². The van der Waals surface area contributed by atoms with E-state index in [1.807, 2.05) is 0 Å². The van der Waals surface area contributed by atoms with Gasteiger partial charge in [-0.2, -0.15) is 13.2 Å². The van der Waals surface area contributed by atoms with Gasteiger partial charge >= 0.3 is 12.1 Å². The maximum Gasteiger partial charge on any atom is 0.433 e. The molecule has 0 unspecified atom stereocenters. The highest BCUT2D eigenvalue weighted by molar-refractivity contribution is 5.72. The van der Waals surface area contributed by atoms with Gasteiger partial charge in [-0.3, -0.25) is 9.78 Å². The van der Waals surface area contributed by atoms with Gasteiger partial charge in [0.05, 0.1) is 13.0 Å². The molecule has 0 amide bonds. The summed E-state index contributed by atoms with van der Waals surface area (Å²) in [5, 5.41) is 0. The molecule has 3 nitrogen and oxygen atoms in total. The molecule has 1 heterocycles. The average molecular weight is 247 g/mol. The van der Waals surface area contributed by atoms with Crippen molar-refractivity contribution in [2.24, 2.45) is 0 Å². The average Bonchev–Trinajstić information content (AvgIpc) is 2.20. The molecule has 0 aliphatic heterocycles. The first-order valence-corrected chi connectivity index (χ1v) is 5.03. The lowest BCUT2D eigenvalue weighted by molar-refractivity contribution is -0.142. The highest BCUT2D eigenvalue weighted by Crippen LogP contribution is 2.28. The largest absolute Gasteiger partial charge is 0.466 e. The minimum Gasteiger partial charge on any atom is -0.466 e. The van der Waals surface area contributed by atoms with Crippen LogP contribution >= 0.6 is 0 Å². The summed E-state index contributed by atoms with van der Waals surface area (Å²) in [7, 11) is 0. The predicted molar refractivity (Wildman–Crippen MR) is 54.3 cm³/mol. The van der Waals surface area contributed by atoms with Crippen LogP contribution in [0.3, 0.4) is 0 Å². The first-order valence-electron chi connectivity index (χ1n) is 5.03. The molecule has 17 heavy (non-hydrogen) atoms. The number of rotatable bonds is 3. The predicted octanol–water partition coefficient (Wildman–Crippen LogP) is 2.51. The zero-order valence-corrected chi connectivity index (χ0v) is 9.47. The van der Waals surface area contributed by atoms with Gasteiger partial charge in [-0.25, -0.2) is 0 Å². The van der Waals surface area contributed by atoms with E-state index in [0.29, 0.717) is 11.1 Å². The summed E-state index contributed by atoms with van der Waals surface area (Å²) < 4.78 is 41.7. The Morgan fingerprint density at radius 1 is 1.47 bits per heavy atom. The third-order valence-corrected chi connectivity index (χ3v) is 2.15. The number of alkyl halides is 3. The summed E-state index contributed by atoms with van der Waals surface area (Å²) in [5.41, 5.74) is -0.139. The van der Waals surface area contributed by atoms with Crippen LogP contribution in [0, 0.1) is 6.92 Å². The molecular formula is C11H12F3NO2. The number of nitrogens with zero attached hydrogens (tertiary/aromatic N) is 1. The molecule has 0 N–H and O–H groups in total. The Morgan fingerprint density at radius 2 is 2.12 bits per heavy atom. The Kier molecular flexibility index (Phi) is 4.09. The third-order valence-electron chi connectivity index (χ3n) is 2.15. The van der Waals surface area contributed by atoms with Crippen LogP contribution in [0.1, 0.15) is 23.7 Å². The topological polar surface area (TPSA) is 39.2 Å². The highest BCUT2D eigenvalue weighted by Gasteiger charge is 2.32. The summed E-state index contributed by atoms with van der Waals surface area (Å²) >= 11 is 0. The van der Waals surface area contributed by atoms with Gasteiger partial charge in [0, 0.05) is 6.20 Å². The standard InChI is InChI=1S/C11H12F3NO2/c1-3-17-10(16)5-8-6-15-9(4-7(8)2)11(12,13)14/h4,6H,3,5H2,1-2H3. The number of halogens is 3. The van der Waals surface area contributed by atoms with Crippen molar-refractivity contribution < 1.29 is 22.7 Å². The van der Waals surface area contributed by atoms with E-state index in [0.717, 1.165) is 12.3 Å². The van der Waals surface area contributed by atoms with Gasteiger partial charge in [-0.15, -0.1) is 0 Å². The molecule has 0 saturated heterocycles. The van der Waals surface area contributed by atoms with Crippen molar-refractivity contribution in [1.82, 2.24) is 4.98 Å². The van der Waals surface area contributed by atoms with E-state index in [4.69, 9.17) is 4.74 Å².